The van der Waals surface area contributed by atoms with Crippen LogP contribution >= 0.6 is 39.1 Å². The molecule has 0 heterocycles. The van der Waals surface area contributed by atoms with Crippen LogP contribution in [0, 0.1) is 0 Å². The van der Waals surface area contributed by atoms with E-state index >= 15 is 0 Å². The third kappa shape index (κ3) is 4.20. The van der Waals surface area contributed by atoms with Crippen LogP contribution in [-0.2, 0) is 16.6 Å². The van der Waals surface area contributed by atoms with Crippen molar-refractivity contribution in [3.05, 3.63) is 62.5 Å². The summed E-state index contributed by atoms with van der Waals surface area (Å²) in [6.07, 6.45) is 0. The number of hydrogen-bond acceptors (Lipinski definition) is 2. The number of rotatable bonds is 4. The fourth-order valence-corrected chi connectivity index (χ4v) is 3.83. The van der Waals surface area contributed by atoms with Gasteiger partial charge in [0, 0.05) is 28.1 Å². The maximum atomic E-state index is 12.5. The number of benzene rings is 2. The summed E-state index contributed by atoms with van der Waals surface area (Å²) in [4.78, 5) is 0.237. The van der Waals surface area contributed by atoms with Gasteiger partial charge in [0.2, 0.25) is 10.0 Å². The molecule has 0 aromatic heterocycles. The van der Waals surface area contributed by atoms with Gasteiger partial charge in [0.1, 0.15) is 0 Å². The Kier molecular flexibility index (Phi) is 5.33. The average Bonchev–Trinajstić information content (AvgIpc) is 2.37. The highest BCUT2D eigenvalue weighted by Crippen LogP contribution is 2.23. The first-order chi connectivity index (χ1) is 9.79. The zero-order valence-corrected chi connectivity index (χ0v) is 15.0. The summed E-state index contributed by atoms with van der Waals surface area (Å²) in [5, 5.41) is 0.957. The molecule has 2 rings (SSSR count). The zero-order valence-electron chi connectivity index (χ0n) is 11.1. The Hall–Kier alpha value is -0.590. The molecule has 0 amide bonds. The molecule has 0 unspecified atom stereocenters. The summed E-state index contributed by atoms with van der Waals surface area (Å²) in [6.45, 7) is 0.193. The van der Waals surface area contributed by atoms with E-state index in [1.807, 2.05) is 0 Å². The molecular weight excluding hydrogens is 397 g/mol. The highest BCUT2D eigenvalue weighted by molar-refractivity contribution is 9.10. The summed E-state index contributed by atoms with van der Waals surface area (Å²) in [5.74, 6) is 0. The Labute approximate surface area is 142 Å². The van der Waals surface area contributed by atoms with Crippen LogP contribution in [0.15, 0.2) is 51.8 Å². The van der Waals surface area contributed by atoms with Gasteiger partial charge in [-0.25, -0.2) is 8.42 Å². The van der Waals surface area contributed by atoms with Crippen molar-refractivity contribution in [2.45, 2.75) is 11.4 Å². The molecule has 3 nitrogen and oxygen atoms in total. The molecule has 2 aromatic carbocycles. The van der Waals surface area contributed by atoms with Crippen molar-refractivity contribution in [3.8, 4) is 0 Å². The van der Waals surface area contributed by atoms with Crippen LogP contribution in [-0.4, -0.2) is 19.8 Å². The molecule has 0 N–H and O–H groups in total. The van der Waals surface area contributed by atoms with Crippen LogP contribution in [0.3, 0.4) is 0 Å². The van der Waals surface area contributed by atoms with E-state index in [1.54, 1.807) is 42.5 Å². The summed E-state index contributed by atoms with van der Waals surface area (Å²) in [6, 6.07) is 11.5. The van der Waals surface area contributed by atoms with E-state index in [9.17, 15) is 8.42 Å². The van der Waals surface area contributed by atoms with Crippen molar-refractivity contribution in [3.63, 3.8) is 0 Å². The molecule has 21 heavy (non-hydrogen) atoms. The highest BCUT2D eigenvalue weighted by atomic mass is 79.9. The molecule has 0 bridgehead atoms. The van der Waals surface area contributed by atoms with E-state index in [4.69, 9.17) is 23.2 Å². The lowest BCUT2D eigenvalue weighted by atomic mass is 10.2. The molecule has 112 valence electrons. The minimum Gasteiger partial charge on any atom is -0.207 e. The van der Waals surface area contributed by atoms with Gasteiger partial charge in [-0.3, -0.25) is 0 Å². The standard InChI is InChI=1S/C14H12BrCl2NO2S/c1-18(9-10-6-12(16)8-13(17)7-10)21(19,20)14-4-2-11(15)3-5-14/h2-8H,9H2,1H3. The van der Waals surface area contributed by atoms with E-state index in [2.05, 4.69) is 15.9 Å². The average molecular weight is 409 g/mol. The fraction of sp³-hybridized carbons (Fsp3) is 0.143. The third-order valence-corrected chi connectivity index (χ3v) is 5.63. The molecule has 0 aliphatic rings. The number of sulfonamides is 1. The molecule has 0 atom stereocenters. The second-order valence-corrected chi connectivity index (χ2v) is 8.33. The largest absolute Gasteiger partial charge is 0.243 e. The summed E-state index contributed by atoms with van der Waals surface area (Å²) < 4.78 is 27.0. The maximum absolute atomic E-state index is 12.5. The van der Waals surface area contributed by atoms with E-state index in [0.717, 1.165) is 10.0 Å². The first kappa shape index (κ1) is 16.8. The molecule has 0 saturated carbocycles. The Balaban J connectivity index is 2.26. The molecule has 0 saturated heterocycles. The van der Waals surface area contributed by atoms with Crippen molar-refractivity contribution >= 4 is 49.2 Å². The van der Waals surface area contributed by atoms with Crippen LogP contribution in [0.25, 0.3) is 0 Å². The van der Waals surface area contributed by atoms with Crippen molar-refractivity contribution in [2.24, 2.45) is 0 Å². The molecule has 0 spiro atoms. The molecule has 0 aliphatic carbocycles. The van der Waals surface area contributed by atoms with Crippen molar-refractivity contribution in [1.29, 1.82) is 0 Å². The Morgan fingerprint density at radius 1 is 1.05 bits per heavy atom. The summed E-state index contributed by atoms with van der Waals surface area (Å²) >= 11 is 15.1. The van der Waals surface area contributed by atoms with Crippen LogP contribution in [0.5, 0.6) is 0 Å². The van der Waals surface area contributed by atoms with Crippen LogP contribution in [0.4, 0.5) is 0 Å². The van der Waals surface area contributed by atoms with Gasteiger partial charge < -0.3 is 0 Å². The molecule has 0 aliphatic heterocycles. The SMILES string of the molecule is CN(Cc1cc(Cl)cc(Cl)c1)S(=O)(=O)c1ccc(Br)cc1. The van der Waals surface area contributed by atoms with Crippen molar-refractivity contribution in [2.75, 3.05) is 7.05 Å². The lowest BCUT2D eigenvalue weighted by molar-refractivity contribution is 0.467. The first-order valence-corrected chi connectivity index (χ1v) is 8.95. The number of nitrogens with zero attached hydrogens (tertiary/aromatic N) is 1. The highest BCUT2D eigenvalue weighted by Gasteiger charge is 2.20. The van der Waals surface area contributed by atoms with Gasteiger partial charge in [0.25, 0.3) is 0 Å². The minimum atomic E-state index is -3.55. The summed E-state index contributed by atoms with van der Waals surface area (Å²) in [7, 11) is -2.03. The fourth-order valence-electron chi connectivity index (χ4n) is 1.83. The second kappa shape index (κ2) is 6.67. The van der Waals surface area contributed by atoms with Gasteiger partial charge in [0.15, 0.2) is 0 Å². The molecule has 0 radical (unpaired) electrons. The first-order valence-electron chi connectivity index (χ1n) is 5.96. The Bertz CT molecular complexity index is 728. The van der Waals surface area contributed by atoms with Gasteiger partial charge in [-0.15, -0.1) is 0 Å². The Morgan fingerprint density at radius 2 is 1.57 bits per heavy atom. The number of hydrogen-bond donors (Lipinski definition) is 0. The second-order valence-electron chi connectivity index (χ2n) is 4.49. The molecule has 7 heteroatoms. The van der Waals surface area contributed by atoms with Crippen molar-refractivity contribution < 1.29 is 8.42 Å². The normalized spacial score (nSPS) is 11.9. The van der Waals surface area contributed by atoms with Crippen LogP contribution < -0.4 is 0 Å². The van der Waals surface area contributed by atoms with Crippen LogP contribution in [0.1, 0.15) is 5.56 Å². The number of halogens is 3. The predicted octanol–water partition coefficient (Wildman–Crippen LogP) is 4.58. The smallest absolute Gasteiger partial charge is 0.207 e. The predicted molar refractivity (Wildman–Crippen MR) is 89.3 cm³/mol. The van der Waals surface area contributed by atoms with Gasteiger partial charge in [-0.05, 0) is 48.0 Å². The van der Waals surface area contributed by atoms with Crippen molar-refractivity contribution in [1.82, 2.24) is 4.31 Å². The molecular formula is C14H12BrCl2NO2S. The monoisotopic (exact) mass is 407 g/mol. The quantitative estimate of drug-likeness (QED) is 0.742. The van der Waals surface area contributed by atoms with E-state index in [-0.39, 0.29) is 11.4 Å². The van der Waals surface area contributed by atoms with Crippen LogP contribution in [0.2, 0.25) is 10.0 Å². The summed E-state index contributed by atoms with van der Waals surface area (Å²) in [5.41, 5.74) is 0.732. The molecule has 0 fully saturated rings. The molecule has 2 aromatic rings. The van der Waals surface area contributed by atoms with Gasteiger partial charge in [0.05, 0.1) is 4.90 Å². The van der Waals surface area contributed by atoms with E-state index in [0.29, 0.717) is 10.0 Å². The zero-order chi connectivity index (χ0) is 15.6. The van der Waals surface area contributed by atoms with Gasteiger partial charge in [-0.2, -0.15) is 4.31 Å². The Morgan fingerprint density at radius 3 is 2.10 bits per heavy atom. The lowest BCUT2D eigenvalue weighted by Gasteiger charge is -2.17. The van der Waals surface area contributed by atoms with Gasteiger partial charge >= 0.3 is 0 Å². The van der Waals surface area contributed by atoms with Gasteiger partial charge in [-0.1, -0.05) is 39.1 Å². The lowest BCUT2D eigenvalue weighted by Crippen LogP contribution is -2.26. The topological polar surface area (TPSA) is 37.4 Å². The van der Waals surface area contributed by atoms with E-state index in [1.165, 1.54) is 11.4 Å². The third-order valence-electron chi connectivity index (χ3n) is 2.85. The maximum Gasteiger partial charge on any atom is 0.243 e. The minimum absolute atomic E-state index is 0.193. The van der Waals surface area contributed by atoms with E-state index < -0.39 is 10.0 Å².